The van der Waals surface area contributed by atoms with Gasteiger partial charge >= 0.3 is 0 Å². The Hall–Kier alpha value is -0.270. The number of nitrogens with two attached hydrogens (primary N) is 1. The van der Waals surface area contributed by atoms with Gasteiger partial charge in [-0.25, -0.2) is 8.42 Å². The number of nitrogens with zero attached hydrogens (tertiary/aromatic N) is 1. The molecule has 0 amide bonds. The molecule has 0 atom stereocenters. The van der Waals surface area contributed by atoms with Crippen molar-refractivity contribution in [2.45, 2.75) is 28.7 Å². The van der Waals surface area contributed by atoms with Crippen LogP contribution in [0.1, 0.15) is 12.8 Å². The van der Waals surface area contributed by atoms with E-state index in [1.165, 1.54) is 22.1 Å². The molecule has 1 aromatic carbocycles. The summed E-state index contributed by atoms with van der Waals surface area (Å²) in [6.07, 6.45) is 3.31. The molecule has 1 aromatic rings. The standard InChI is InChI=1S/C12H17ClN2O2S2/c1-18-12-3-2-10(8-11(12)13)19(16,17)15-6-4-9(14)5-7-15/h2-3,8-9H,4-7,14H2,1H3. The number of hydrogen-bond acceptors (Lipinski definition) is 4. The van der Waals surface area contributed by atoms with Crippen LogP contribution in [0.25, 0.3) is 0 Å². The molecule has 7 heteroatoms. The summed E-state index contributed by atoms with van der Waals surface area (Å²) in [4.78, 5) is 1.13. The van der Waals surface area contributed by atoms with Crippen LogP contribution in [0.3, 0.4) is 0 Å². The lowest BCUT2D eigenvalue weighted by Gasteiger charge is -2.29. The quantitative estimate of drug-likeness (QED) is 0.867. The zero-order valence-corrected chi connectivity index (χ0v) is 13.1. The van der Waals surface area contributed by atoms with Gasteiger partial charge in [-0.2, -0.15) is 4.31 Å². The van der Waals surface area contributed by atoms with E-state index in [4.69, 9.17) is 17.3 Å². The molecule has 1 fully saturated rings. The van der Waals surface area contributed by atoms with Crippen molar-refractivity contribution >= 4 is 33.4 Å². The second-order valence-corrected chi connectivity index (χ2v) is 7.73. The first-order valence-corrected chi connectivity index (χ1v) is 9.08. The molecule has 1 aliphatic rings. The maximum absolute atomic E-state index is 12.5. The molecule has 0 bridgehead atoms. The number of piperidine rings is 1. The minimum absolute atomic E-state index is 0.105. The average molecular weight is 321 g/mol. The fourth-order valence-corrected chi connectivity index (χ4v) is 4.50. The van der Waals surface area contributed by atoms with Gasteiger partial charge < -0.3 is 5.73 Å². The van der Waals surface area contributed by atoms with Gasteiger partial charge in [-0.15, -0.1) is 11.8 Å². The van der Waals surface area contributed by atoms with Crippen LogP contribution in [0.2, 0.25) is 5.02 Å². The van der Waals surface area contributed by atoms with E-state index in [0.717, 1.165) is 4.90 Å². The van der Waals surface area contributed by atoms with Crippen molar-refractivity contribution in [3.63, 3.8) is 0 Å². The minimum atomic E-state index is -3.45. The molecule has 4 nitrogen and oxygen atoms in total. The molecule has 106 valence electrons. The third-order valence-corrected chi connectivity index (χ3v) is 6.37. The van der Waals surface area contributed by atoms with E-state index in [0.29, 0.717) is 31.0 Å². The van der Waals surface area contributed by atoms with Crippen LogP contribution in [0.15, 0.2) is 28.0 Å². The van der Waals surface area contributed by atoms with Gasteiger partial charge in [0.25, 0.3) is 0 Å². The van der Waals surface area contributed by atoms with Gasteiger partial charge in [-0.05, 0) is 37.3 Å². The van der Waals surface area contributed by atoms with E-state index in [2.05, 4.69) is 0 Å². The molecular weight excluding hydrogens is 304 g/mol. The van der Waals surface area contributed by atoms with E-state index in [-0.39, 0.29) is 10.9 Å². The normalized spacial score (nSPS) is 18.7. The summed E-state index contributed by atoms with van der Waals surface area (Å²) in [6, 6.07) is 4.99. The van der Waals surface area contributed by atoms with Crippen molar-refractivity contribution in [1.82, 2.24) is 4.31 Å². The van der Waals surface area contributed by atoms with Crippen LogP contribution in [0, 0.1) is 0 Å². The Balaban J connectivity index is 2.27. The molecule has 1 saturated heterocycles. The summed E-state index contributed by atoms with van der Waals surface area (Å²) in [5.41, 5.74) is 5.80. The number of sulfonamides is 1. The van der Waals surface area contributed by atoms with Crippen molar-refractivity contribution in [2.75, 3.05) is 19.3 Å². The van der Waals surface area contributed by atoms with E-state index in [1.54, 1.807) is 12.1 Å². The van der Waals surface area contributed by atoms with Crippen LogP contribution in [0.5, 0.6) is 0 Å². The highest BCUT2D eigenvalue weighted by Crippen LogP contribution is 2.29. The molecular formula is C12H17ClN2O2S2. The van der Waals surface area contributed by atoms with E-state index < -0.39 is 10.0 Å². The molecule has 0 aromatic heterocycles. The number of thioether (sulfide) groups is 1. The average Bonchev–Trinajstić information content (AvgIpc) is 2.39. The lowest BCUT2D eigenvalue weighted by Crippen LogP contribution is -2.42. The number of halogens is 1. The zero-order valence-electron chi connectivity index (χ0n) is 10.7. The van der Waals surface area contributed by atoms with Crippen molar-refractivity contribution < 1.29 is 8.42 Å². The third-order valence-electron chi connectivity index (χ3n) is 3.26. The van der Waals surface area contributed by atoms with Crippen LogP contribution in [-0.2, 0) is 10.0 Å². The second kappa shape index (κ2) is 6.01. The first kappa shape index (κ1) is 15.1. The number of benzene rings is 1. The van der Waals surface area contributed by atoms with Crippen molar-refractivity contribution in [1.29, 1.82) is 0 Å². The lowest BCUT2D eigenvalue weighted by atomic mass is 10.1. The molecule has 1 heterocycles. The van der Waals surface area contributed by atoms with E-state index >= 15 is 0 Å². The predicted octanol–water partition coefficient (Wildman–Crippen LogP) is 2.17. The van der Waals surface area contributed by atoms with Crippen LogP contribution < -0.4 is 5.73 Å². The summed E-state index contributed by atoms with van der Waals surface area (Å²) < 4.78 is 26.4. The van der Waals surface area contributed by atoms with Crippen molar-refractivity contribution in [2.24, 2.45) is 5.73 Å². The molecule has 0 radical (unpaired) electrons. The maximum Gasteiger partial charge on any atom is 0.243 e. The van der Waals surface area contributed by atoms with E-state index in [9.17, 15) is 8.42 Å². The van der Waals surface area contributed by atoms with Crippen molar-refractivity contribution in [3.8, 4) is 0 Å². The third kappa shape index (κ3) is 3.25. The fraction of sp³-hybridized carbons (Fsp3) is 0.500. The predicted molar refractivity (Wildman–Crippen MR) is 79.2 cm³/mol. The highest BCUT2D eigenvalue weighted by atomic mass is 35.5. The number of rotatable bonds is 3. The first-order chi connectivity index (χ1) is 8.95. The molecule has 0 saturated carbocycles. The smallest absolute Gasteiger partial charge is 0.243 e. The molecule has 0 unspecified atom stereocenters. The van der Waals surface area contributed by atoms with Gasteiger partial charge in [-0.3, -0.25) is 0 Å². The van der Waals surface area contributed by atoms with Gasteiger partial charge in [0.2, 0.25) is 10.0 Å². The van der Waals surface area contributed by atoms with Crippen LogP contribution in [-0.4, -0.2) is 38.1 Å². The summed E-state index contributed by atoms with van der Waals surface area (Å²) in [5, 5.41) is 0.474. The topological polar surface area (TPSA) is 63.4 Å². The second-order valence-electron chi connectivity index (χ2n) is 4.54. The summed E-state index contributed by atoms with van der Waals surface area (Å²) >= 11 is 7.57. The van der Waals surface area contributed by atoms with Gasteiger partial charge in [0, 0.05) is 24.0 Å². The first-order valence-electron chi connectivity index (χ1n) is 6.04. The van der Waals surface area contributed by atoms with E-state index in [1.807, 2.05) is 6.26 Å². The Morgan fingerprint density at radius 3 is 2.53 bits per heavy atom. The monoisotopic (exact) mass is 320 g/mol. The molecule has 2 rings (SSSR count). The Morgan fingerprint density at radius 1 is 1.37 bits per heavy atom. The summed E-state index contributed by atoms with van der Waals surface area (Å²) in [7, 11) is -3.45. The van der Waals surface area contributed by atoms with Crippen LogP contribution >= 0.6 is 23.4 Å². The summed E-state index contributed by atoms with van der Waals surface area (Å²) in [5.74, 6) is 0. The molecule has 0 aliphatic carbocycles. The van der Waals surface area contributed by atoms with Crippen molar-refractivity contribution in [3.05, 3.63) is 23.2 Å². The van der Waals surface area contributed by atoms with Gasteiger partial charge in [0.05, 0.1) is 9.92 Å². The lowest BCUT2D eigenvalue weighted by molar-refractivity contribution is 0.320. The highest BCUT2D eigenvalue weighted by Gasteiger charge is 2.28. The molecule has 1 aliphatic heterocycles. The Kier molecular flexibility index (Phi) is 4.79. The zero-order chi connectivity index (χ0) is 14.0. The fourth-order valence-electron chi connectivity index (χ4n) is 2.07. The Labute approximate surface area is 123 Å². The van der Waals surface area contributed by atoms with Gasteiger partial charge in [0.1, 0.15) is 0 Å². The molecule has 2 N–H and O–H groups in total. The highest BCUT2D eigenvalue weighted by molar-refractivity contribution is 7.98. The Bertz CT molecular complexity index is 555. The molecule has 19 heavy (non-hydrogen) atoms. The van der Waals surface area contributed by atoms with Gasteiger partial charge in [-0.1, -0.05) is 11.6 Å². The Morgan fingerprint density at radius 2 is 2.00 bits per heavy atom. The molecule has 0 spiro atoms. The largest absolute Gasteiger partial charge is 0.328 e. The SMILES string of the molecule is CSc1ccc(S(=O)(=O)N2CCC(N)CC2)cc1Cl. The number of hydrogen-bond donors (Lipinski definition) is 1. The maximum atomic E-state index is 12.5. The van der Waals surface area contributed by atoms with Gasteiger partial charge in [0.15, 0.2) is 0 Å². The van der Waals surface area contributed by atoms with Crippen LogP contribution in [0.4, 0.5) is 0 Å². The minimum Gasteiger partial charge on any atom is -0.328 e. The summed E-state index contributed by atoms with van der Waals surface area (Å²) in [6.45, 7) is 0.955.